The van der Waals surface area contributed by atoms with Crippen LogP contribution >= 0.6 is 0 Å². The second-order valence-corrected chi connectivity index (χ2v) is 5.44. The third-order valence-corrected chi connectivity index (χ3v) is 3.73. The van der Waals surface area contributed by atoms with Gasteiger partial charge in [0.05, 0.1) is 6.54 Å². The SMILES string of the molecule is O=C(CNCC1CC1)c1ccc(-c2ccccc2)cc1. The molecule has 102 valence electrons. The van der Waals surface area contributed by atoms with Crippen molar-refractivity contribution in [3.05, 3.63) is 60.2 Å². The molecule has 0 radical (unpaired) electrons. The largest absolute Gasteiger partial charge is 0.309 e. The minimum Gasteiger partial charge on any atom is -0.309 e. The molecule has 0 saturated heterocycles. The number of rotatable bonds is 6. The average Bonchev–Trinajstić information content (AvgIpc) is 3.32. The fraction of sp³-hybridized carbons (Fsp3) is 0.278. The van der Waals surface area contributed by atoms with Crippen molar-refractivity contribution in [3.63, 3.8) is 0 Å². The Morgan fingerprint density at radius 1 is 0.950 bits per heavy atom. The summed E-state index contributed by atoms with van der Waals surface area (Å²) in [5.74, 6) is 0.980. The van der Waals surface area contributed by atoms with E-state index in [1.165, 1.54) is 18.4 Å². The van der Waals surface area contributed by atoms with Crippen LogP contribution in [0.1, 0.15) is 23.2 Å². The van der Waals surface area contributed by atoms with Crippen LogP contribution < -0.4 is 5.32 Å². The van der Waals surface area contributed by atoms with Gasteiger partial charge >= 0.3 is 0 Å². The number of hydrogen-bond acceptors (Lipinski definition) is 2. The maximum absolute atomic E-state index is 12.0. The van der Waals surface area contributed by atoms with Gasteiger partial charge in [0.2, 0.25) is 0 Å². The molecule has 1 aliphatic rings. The Balaban J connectivity index is 1.61. The van der Waals surface area contributed by atoms with E-state index in [0.29, 0.717) is 6.54 Å². The molecule has 2 nitrogen and oxygen atoms in total. The van der Waals surface area contributed by atoms with E-state index in [-0.39, 0.29) is 5.78 Å². The fourth-order valence-electron chi connectivity index (χ4n) is 2.29. The van der Waals surface area contributed by atoms with E-state index in [1.54, 1.807) is 0 Å². The molecule has 2 aromatic rings. The zero-order valence-corrected chi connectivity index (χ0v) is 11.5. The monoisotopic (exact) mass is 265 g/mol. The van der Waals surface area contributed by atoms with Gasteiger partial charge in [0.1, 0.15) is 0 Å². The van der Waals surface area contributed by atoms with Gasteiger partial charge < -0.3 is 5.32 Å². The van der Waals surface area contributed by atoms with Crippen LogP contribution in [0.2, 0.25) is 0 Å². The topological polar surface area (TPSA) is 29.1 Å². The van der Waals surface area contributed by atoms with Crippen LogP contribution in [0.4, 0.5) is 0 Å². The van der Waals surface area contributed by atoms with Gasteiger partial charge in [0.15, 0.2) is 5.78 Å². The number of benzene rings is 2. The van der Waals surface area contributed by atoms with Gasteiger partial charge in [0.25, 0.3) is 0 Å². The molecule has 0 amide bonds. The lowest BCUT2D eigenvalue weighted by Gasteiger charge is -2.05. The van der Waals surface area contributed by atoms with Gasteiger partial charge in [-0.15, -0.1) is 0 Å². The smallest absolute Gasteiger partial charge is 0.176 e. The molecule has 2 heteroatoms. The van der Waals surface area contributed by atoms with Crippen LogP contribution in [0.25, 0.3) is 11.1 Å². The molecule has 0 spiro atoms. The molecule has 3 rings (SSSR count). The second-order valence-electron chi connectivity index (χ2n) is 5.44. The maximum atomic E-state index is 12.0. The van der Waals surface area contributed by atoms with Crippen molar-refractivity contribution in [1.82, 2.24) is 5.32 Å². The van der Waals surface area contributed by atoms with Gasteiger partial charge in [-0.2, -0.15) is 0 Å². The molecule has 1 saturated carbocycles. The number of carbonyl (C=O) groups excluding carboxylic acids is 1. The van der Waals surface area contributed by atoms with Crippen LogP contribution in [0.15, 0.2) is 54.6 Å². The van der Waals surface area contributed by atoms with Gasteiger partial charge in [0, 0.05) is 5.56 Å². The summed E-state index contributed by atoms with van der Waals surface area (Å²) in [6.45, 7) is 1.43. The van der Waals surface area contributed by atoms with Crippen molar-refractivity contribution in [3.8, 4) is 11.1 Å². The molecule has 0 bridgehead atoms. The van der Waals surface area contributed by atoms with E-state index >= 15 is 0 Å². The third-order valence-electron chi connectivity index (χ3n) is 3.73. The predicted octanol–water partition coefficient (Wildman–Crippen LogP) is 3.54. The molecule has 20 heavy (non-hydrogen) atoms. The van der Waals surface area contributed by atoms with E-state index in [2.05, 4.69) is 17.4 Å². The third kappa shape index (κ3) is 3.34. The Labute approximate surface area is 119 Å². The summed E-state index contributed by atoms with van der Waals surface area (Å²) < 4.78 is 0. The Morgan fingerprint density at radius 2 is 1.60 bits per heavy atom. The summed E-state index contributed by atoms with van der Waals surface area (Å²) in [7, 11) is 0. The van der Waals surface area contributed by atoms with Crippen LogP contribution in [-0.4, -0.2) is 18.9 Å². The molecule has 0 unspecified atom stereocenters. The maximum Gasteiger partial charge on any atom is 0.176 e. The molecule has 0 aliphatic heterocycles. The number of ketones is 1. The Morgan fingerprint density at radius 3 is 2.25 bits per heavy atom. The predicted molar refractivity (Wildman–Crippen MR) is 81.8 cm³/mol. The lowest BCUT2D eigenvalue weighted by molar-refractivity contribution is 0.0991. The highest BCUT2D eigenvalue weighted by Gasteiger charge is 2.20. The van der Waals surface area contributed by atoms with Crippen LogP contribution in [0, 0.1) is 5.92 Å². The summed E-state index contributed by atoms with van der Waals surface area (Å²) in [5, 5.41) is 3.24. The van der Waals surface area contributed by atoms with Crippen molar-refractivity contribution in [1.29, 1.82) is 0 Å². The van der Waals surface area contributed by atoms with E-state index < -0.39 is 0 Å². The molecule has 0 heterocycles. The summed E-state index contributed by atoms with van der Waals surface area (Å²) in [6, 6.07) is 18.1. The van der Waals surface area contributed by atoms with Gasteiger partial charge in [-0.1, -0.05) is 54.6 Å². The molecular formula is C18H19NO. The zero-order valence-electron chi connectivity index (χ0n) is 11.5. The van der Waals surface area contributed by atoms with E-state index in [9.17, 15) is 4.79 Å². The zero-order chi connectivity index (χ0) is 13.8. The molecule has 1 N–H and O–H groups in total. The molecule has 0 atom stereocenters. The van der Waals surface area contributed by atoms with E-state index in [4.69, 9.17) is 0 Å². The highest BCUT2D eigenvalue weighted by atomic mass is 16.1. The average molecular weight is 265 g/mol. The number of hydrogen-bond donors (Lipinski definition) is 1. The van der Waals surface area contributed by atoms with Crippen molar-refractivity contribution in [2.45, 2.75) is 12.8 Å². The fourth-order valence-corrected chi connectivity index (χ4v) is 2.29. The Bertz CT molecular complexity index is 570. The van der Waals surface area contributed by atoms with E-state index in [0.717, 1.165) is 23.6 Å². The molecule has 0 aromatic heterocycles. The number of carbonyl (C=O) groups is 1. The molecular weight excluding hydrogens is 246 g/mol. The van der Waals surface area contributed by atoms with E-state index in [1.807, 2.05) is 42.5 Å². The van der Waals surface area contributed by atoms with Crippen LogP contribution in [-0.2, 0) is 0 Å². The van der Waals surface area contributed by atoms with Gasteiger partial charge in [-0.05, 0) is 36.4 Å². The lowest BCUT2D eigenvalue weighted by atomic mass is 10.0. The van der Waals surface area contributed by atoms with Crippen LogP contribution in [0.5, 0.6) is 0 Å². The van der Waals surface area contributed by atoms with Gasteiger partial charge in [-0.3, -0.25) is 4.79 Å². The van der Waals surface area contributed by atoms with Crippen molar-refractivity contribution in [2.75, 3.05) is 13.1 Å². The Kier molecular flexibility index (Phi) is 3.93. The summed E-state index contributed by atoms with van der Waals surface area (Å²) in [4.78, 5) is 12.0. The number of nitrogens with one attached hydrogen (secondary N) is 1. The molecule has 2 aromatic carbocycles. The standard InChI is InChI=1S/C18H19NO/c20-18(13-19-12-14-6-7-14)17-10-8-16(9-11-17)15-4-2-1-3-5-15/h1-5,8-11,14,19H,6-7,12-13H2. The minimum absolute atomic E-state index is 0.172. The normalized spacial score (nSPS) is 14.2. The first-order valence-corrected chi connectivity index (χ1v) is 7.22. The van der Waals surface area contributed by atoms with Crippen molar-refractivity contribution >= 4 is 5.78 Å². The highest BCUT2D eigenvalue weighted by Crippen LogP contribution is 2.27. The first-order chi connectivity index (χ1) is 9.83. The lowest BCUT2D eigenvalue weighted by Crippen LogP contribution is -2.24. The number of Topliss-reactive ketones (excluding diaryl/α,β-unsaturated/α-hetero) is 1. The van der Waals surface area contributed by atoms with Crippen LogP contribution in [0.3, 0.4) is 0 Å². The van der Waals surface area contributed by atoms with Crippen molar-refractivity contribution in [2.24, 2.45) is 5.92 Å². The first-order valence-electron chi connectivity index (χ1n) is 7.22. The summed E-state index contributed by atoms with van der Waals surface area (Å²) in [5.41, 5.74) is 3.11. The first kappa shape index (κ1) is 13.1. The molecule has 1 aliphatic carbocycles. The second kappa shape index (κ2) is 6.02. The Hall–Kier alpha value is -1.93. The minimum atomic E-state index is 0.172. The van der Waals surface area contributed by atoms with Gasteiger partial charge in [-0.25, -0.2) is 0 Å². The summed E-state index contributed by atoms with van der Waals surface area (Å²) in [6.07, 6.45) is 2.62. The quantitative estimate of drug-likeness (QED) is 0.809. The molecule has 1 fully saturated rings. The highest BCUT2D eigenvalue weighted by molar-refractivity contribution is 5.98. The summed E-state index contributed by atoms with van der Waals surface area (Å²) >= 11 is 0. The van der Waals surface area contributed by atoms with Crippen molar-refractivity contribution < 1.29 is 4.79 Å².